The van der Waals surface area contributed by atoms with Crippen molar-refractivity contribution in [1.82, 2.24) is 16.0 Å². The molecule has 0 atom stereocenters. The van der Waals surface area contributed by atoms with E-state index in [0.29, 0.717) is 38.1 Å². The van der Waals surface area contributed by atoms with Gasteiger partial charge in [-0.25, -0.2) is 0 Å². The molecule has 1 aliphatic carbocycles. The van der Waals surface area contributed by atoms with Gasteiger partial charge in [0.25, 0.3) is 0 Å². The van der Waals surface area contributed by atoms with Crippen LogP contribution in [0.5, 0.6) is 0 Å². The van der Waals surface area contributed by atoms with Crippen LogP contribution < -0.4 is 16.0 Å². The van der Waals surface area contributed by atoms with Gasteiger partial charge in [-0.3, -0.25) is 19.2 Å². The molecule has 1 aliphatic rings. The number of nitrogens with one attached hydrogen (secondary N) is 3. The van der Waals surface area contributed by atoms with E-state index in [2.05, 4.69) is 16.0 Å². The zero-order chi connectivity index (χ0) is 20.1. The standard InChI is InChI=1S/C20H35N3O4/c1-3-13-21-19(26)12-14-22-18(25)6-5-7-20(27)23-16-10-8-15(9-11-16)17(24)4-2/h15-16H,3-14H2,1-2H3,(H,21,26)(H,22,25)(H,23,27). The summed E-state index contributed by atoms with van der Waals surface area (Å²) in [6.07, 6.45) is 6.24. The fourth-order valence-corrected chi connectivity index (χ4v) is 3.31. The van der Waals surface area contributed by atoms with Crippen molar-refractivity contribution in [2.24, 2.45) is 5.92 Å². The monoisotopic (exact) mass is 381 g/mol. The van der Waals surface area contributed by atoms with Crippen LogP contribution in [0.2, 0.25) is 0 Å². The average Bonchev–Trinajstić information content (AvgIpc) is 2.66. The van der Waals surface area contributed by atoms with Gasteiger partial charge in [0.1, 0.15) is 5.78 Å². The Morgan fingerprint density at radius 3 is 2.00 bits per heavy atom. The first-order valence-corrected chi connectivity index (χ1v) is 10.3. The summed E-state index contributed by atoms with van der Waals surface area (Å²) >= 11 is 0. The highest BCUT2D eigenvalue weighted by Crippen LogP contribution is 2.25. The number of amides is 3. The molecule has 1 rings (SSSR count). The van der Waals surface area contributed by atoms with Gasteiger partial charge >= 0.3 is 0 Å². The second-order valence-corrected chi connectivity index (χ2v) is 7.24. The quantitative estimate of drug-likeness (QED) is 0.480. The number of hydrogen-bond donors (Lipinski definition) is 3. The van der Waals surface area contributed by atoms with Crippen LogP contribution in [0.3, 0.4) is 0 Å². The van der Waals surface area contributed by atoms with E-state index >= 15 is 0 Å². The van der Waals surface area contributed by atoms with Crippen LogP contribution >= 0.6 is 0 Å². The minimum absolute atomic E-state index is 0.0352. The van der Waals surface area contributed by atoms with Gasteiger partial charge in [-0.05, 0) is 38.5 Å². The molecular weight excluding hydrogens is 346 g/mol. The number of hydrogen-bond acceptors (Lipinski definition) is 4. The van der Waals surface area contributed by atoms with Gasteiger partial charge in [0.2, 0.25) is 17.7 Å². The summed E-state index contributed by atoms with van der Waals surface area (Å²) in [6.45, 7) is 4.85. The van der Waals surface area contributed by atoms with Crippen molar-refractivity contribution < 1.29 is 19.2 Å². The van der Waals surface area contributed by atoms with Crippen molar-refractivity contribution in [2.75, 3.05) is 13.1 Å². The number of rotatable bonds is 12. The fourth-order valence-electron chi connectivity index (χ4n) is 3.31. The van der Waals surface area contributed by atoms with Crippen LogP contribution in [0, 0.1) is 5.92 Å². The lowest BCUT2D eigenvalue weighted by atomic mass is 9.83. The lowest BCUT2D eigenvalue weighted by Crippen LogP contribution is -2.38. The van der Waals surface area contributed by atoms with Gasteiger partial charge in [-0.15, -0.1) is 0 Å². The molecule has 0 saturated heterocycles. The lowest BCUT2D eigenvalue weighted by Gasteiger charge is -2.28. The number of Topliss-reactive ketones (excluding diaryl/α,β-unsaturated/α-hetero) is 1. The second-order valence-electron chi connectivity index (χ2n) is 7.24. The predicted molar refractivity (Wildman–Crippen MR) is 104 cm³/mol. The molecule has 1 saturated carbocycles. The molecule has 7 nitrogen and oxygen atoms in total. The van der Waals surface area contributed by atoms with E-state index in [0.717, 1.165) is 32.1 Å². The van der Waals surface area contributed by atoms with E-state index in [9.17, 15) is 19.2 Å². The maximum Gasteiger partial charge on any atom is 0.221 e. The molecule has 7 heteroatoms. The Morgan fingerprint density at radius 2 is 1.37 bits per heavy atom. The maximum absolute atomic E-state index is 12.0. The fraction of sp³-hybridized carbons (Fsp3) is 0.800. The van der Waals surface area contributed by atoms with E-state index in [1.807, 2.05) is 13.8 Å². The van der Waals surface area contributed by atoms with Crippen LogP contribution in [0.15, 0.2) is 0 Å². The molecule has 0 aromatic rings. The molecule has 0 spiro atoms. The van der Waals surface area contributed by atoms with Gasteiger partial charge in [-0.1, -0.05) is 13.8 Å². The van der Waals surface area contributed by atoms with Gasteiger partial charge in [0.15, 0.2) is 0 Å². The molecule has 0 aromatic carbocycles. The summed E-state index contributed by atoms with van der Waals surface area (Å²) in [5.74, 6) is 0.258. The normalized spacial score (nSPS) is 19.2. The molecule has 154 valence electrons. The Hall–Kier alpha value is -1.92. The second kappa shape index (κ2) is 13.3. The third-order valence-electron chi connectivity index (χ3n) is 4.95. The smallest absolute Gasteiger partial charge is 0.221 e. The number of ketones is 1. The van der Waals surface area contributed by atoms with Crippen molar-refractivity contribution in [3.05, 3.63) is 0 Å². The molecule has 0 aliphatic heterocycles. The maximum atomic E-state index is 12.0. The van der Waals surface area contributed by atoms with Gasteiger partial charge in [0.05, 0.1) is 0 Å². The van der Waals surface area contributed by atoms with Crippen molar-refractivity contribution in [2.45, 2.75) is 84.1 Å². The highest BCUT2D eigenvalue weighted by atomic mass is 16.2. The Morgan fingerprint density at radius 1 is 0.778 bits per heavy atom. The minimum atomic E-state index is -0.135. The zero-order valence-corrected chi connectivity index (χ0v) is 16.8. The SMILES string of the molecule is CCCNC(=O)CCNC(=O)CCCC(=O)NC1CCC(C(=O)CC)CC1. The Balaban J connectivity index is 2.07. The summed E-state index contributed by atoms with van der Waals surface area (Å²) < 4.78 is 0. The largest absolute Gasteiger partial charge is 0.356 e. The molecule has 0 unspecified atom stereocenters. The molecule has 0 radical (unpaired) electrons. The third-order valence-corrected chi connectivity index (χ3v) is 4.95. The van der Waals surface area contributed by atoms with Crippen molar-refractivity contribution >= 4 is 23.5 Å². The first-order valence-electron chi connectivity index (χ1n) is 10.3. The molecule has 27 heavy (non-hydrogen) atoms. The van der Waals surface area contributed by atoms with Crippen LogP contribution in [0.25, 0.3) is 0 Å². The molecular formula is C20H35N3O4. The Bertz CT molecular complexity index is 499. The summed E-state index contributed by atoms with van der Waals surface area (Å²) in [5.41, 5.74) is 0. The number of carbonyl (C=O) groups is 4. The van der Waals surface area contributed by atoms with Crippen molar-refractivity contribution in [1.29, 1.82) is 0 Å². The summed E-state index contributed by atoms with van der Waals surface area (Å²) in [7, 11) is 0. The summed E-state index contributed by atoms with van der Waals surface area (Å²) in [4.78, 5) is 46.9. The van der Waals surface area contributed by atoms with Gasteiger partial charge in [0, 0.05) is 50.7 Å². The average molecular weight is 382 g/mol. The van der Waals surface area contributed by atoms with Crippen LogP contribution in [-0.4, -0.2) is 42.6 Å². The third kappa shape index (κ3) is 10.1. The highest BCUT2D eigenvalue weighted by molar-refractivity contribution is 5.81. The first kappa shape index (κ1) is 23.1. The van der Waals surface area contributed by atoms with Crippen molar-refractivity contribution in [3.63, 3.8) is 0 Å². The minimum Gasteiger partial charge on any atom is -0.356 e. The van der Waals surface area contributed by atoms with Crippen LogP contribution in [-0.2, 0) is 19.2 Å². The molecule has 0 aromatic heterocycles. The molecule has 0 heterocycles. The van der Waals surface area contributed by atoms with E-state index in [-0.39, 0.29) is 42.5 Å². The first-order chi connectivity index (χ1) is 13.0. The van der Waals surface area contributed by atoms with E-state index in [1.165, 1.54) is 0 Å². The molecule has 1 fully saturated rings. The lowest BCUT2D eigenvalue weighted by molar-refractivity contribution is -0.124. The van der Waals surface area contributed by atoms with Gasteiger partial charge in [-0.2, -0.15) is 0 Å². The molecule has 3 N–H and O–H groups in total. The summed E-state index contributed by atoms with van der Waals surface area (Å²) in [6, 6.07) is 0.147. The van der Waals surface area contributed by atoms with E-state index in [1.54, 1.807) is 0 Å². The topological polar surface area (TPSA) is 104 Å². The Kier molecular flexibility index (Phi) is 11.4. The number of carbonyl (C=O) groups excluding carboxylic acids is 4. The van der Waals surface area contributed by atoms with E-state index in [4.69, 9.17) is 0 Å². The molecule has 3 amide bonds. The van der Waals surface area contributed by atoms with E-state index < -0.39 is 0 Å². The Labute approximate surface area is 162 Å². The van der Waals surface area contributed by atoms with Crippen LogP contribution in [0.1, 0.15) is 78.1 Å². The molecule has 0 bridgehead atoms. The van der Waals surface area contributed by atoms with Crippen LogP contribution in [0.4, 0.5) is 0 Å². The van der Waals surface area contributed by atoms with Gasteiger partial charge < -0.3 is 16.0 Å². The zero-order valence-electron chi connectivity index (χ0n) is 16.8. The predicted octanol–water partition coefficient (Wildman–Crippen LogP) is 1.84. The van der Waals surface area contributed by atoms with Crippen molar-refractivity contribution in [3.8, 4) is 0 Å². The highest BCUT2D eigenvalue weighted by Gasteiger charge is 2.25. The summed E-state index contributed by atoms with van der Waals surface area (Å²) in [5, 5.41) is 8.47.